The molecule has 0 radical (unpaired) electrons. The molecule has 2 aromatic rings. The second-order valence-corrected chi connectivity index (χ2v) is 3.21. The largest absolute Gasteiger partial charge is 0.370 e. The van der Waals surface area contributed by atoms with Gasteiger partial charge in [0.1, 0.15) is 5.52 Å². The number of hydrogen-bond acceptors (Lipinski definition) is 4. The zero-order chi connectivity index (χ0) is 10.3. The molecule has 0 N–H and O–H groups in total. The van der Waals surface area contributed by atoms with Crippen LogP contribution in [0.3, 0.4) is 0 Å². The van der Waals surface area contributed by atoms with E-state index in [4.69, 9.17) is 4.84 Å². The van der Waals surface area contributed by atoms with E-state index in [2.05, 4.69) is 10.3 Å². The summed E-state index contributed by atoms with van der Waals surface area (Å²) in [6, 6.07) is 7.00. The van der Waals surface area contributed by atoms with Crippen molar-refractivity contribution < 1.29 is 9.63 Å². The lowest BCUT2D eigenvalue weighted by atomic mass is 10.3. The van der Waals surface area contributed by atoms with Crippen LogP contribution in [0.2, 0.25) is 0 Å². The Labute approximate surface area is 85.0 Å². The summed E-state index contributed by atoms with van der Waals surface area (Å²) in [6.45, 7) is 1.19. The van der Waals surface area contributed by atoms with Gasteiger partial charge in [0.25, 0.3) is 0 Å². The summed E-state index contributed by atoms with van der Waals surface area (Å²) in [5, 5.41) is 8.95. The second kappa shape index (κ2) is 3.03. The van der Waals surface area contributed by atoms with Crippen molar-refractivity contribution in [3.8, 4) is 0 Å². The number of nitrogens with zero attached hydrogens (tertiary/aromatic N) is 4. The lowest BCUT2D eigenvalue weighted by molar-refractivity contribution is -0.204. The van der Waals surface area contributed by atoms with Crippen LogP contribution in [0.25, 0.3) is 11.0 Å². The first-order valence-corrected chi connectivity index (χ1v) is 4.61. The van der Waals surface area contributed by atoms with Gasteiger partial charge in [-0.15, -0.1) is 5.10 Å². The molecule has 2 heterocycles. The summed E-state index contributed by atoms with van der Waals surface area (Å²) in [6.07, 6.45) is 0. The molecule has 3 rings (SSSR count). The molecule has 1 saturated heterocycles. The van der Waals surface area contributed by atoms with Crippen molar-refractivity contribution in [1.29, 1.82) is 0 Å². The molecule has 6 heteroatoms. The topological polar surface area (TPSA) is 60.2 Å². The molecule has 0 unspecified atom stereocenters. The van der Waals surface area contributed by atoms with E-state index in [0.717, 1.165) is 0 Å². The van der Waals surface area contributed by atoms with Gasteiger partial charge in [0.2, 0.25) is 0 Å². The molecule has 1 amide bonds. The van der Waals surface area contributed by atoms with Gasteiger partial charge < -0.3 is 0 Å². The fraction of sp³-hybridized carbons (Fsp3) is 0.222. The van der Waals surface area contributed by atoms with E-state index in [1.807, 2.05) is 18.2 Å². The van der Waals surface area contributed by atoms with Crippen LogP contribution < -0.4 is 0 Å². The standard InChI is InChI=1S/C9H8N4O2/c14-9(12-5-6-15-12)13-8-4-2-1-3-7(8)10-11-13/h1-4H,5-6H2. The quantitative estimate of drug-likeness (QED) is 0.632. The van der Waals surface area contributed by atoms with Crippen LogP contribution in [0.4, 0.5) is 4.79 Å². The number of carbonyl (C=O) groups is 1. The van der Waals surface area contributed by atoms with Crippen molar-refractivity contribution in [2.75, 3.05) is 13.2 Å². The van der Waals surface area contributed by atoms with Gasteiger partial charge >= 0.3 is 6.03 Å². The Kier molecular flexibility index (Phi) is 1.69. The molecular weight excluding hydrogens is 196 g/mol. The highest BCUT2D eigenvalue weighted by Crippen LogP contribution is 2.12. The molecular formula is C9H8N4O2. The Morgan fingerprint density at radius 1 is 1.40 bits per heavy atom. The van der Waals surface area contributed by atoms with Crippen LogP contribution in [-0.4, -0.2) is 39.2 Å². The maximum absolute atomic E-state index is 11.8. The summed E-state index contributed by atoms with van der Waals surface area (Å²) in [7, 11) is 0. The number of benzene rings is 1. The molecule has 0 saturated carbocycles. The van der Waals surface area contributed by atoms with Gasteiger partial charge in [-0.25, -0.2) is 4.79 Å². The Morgan fingerprint density at radius 2 is 2.20 bits per heavy atom. The van der Waals surface area contributed by atoms with Gasteiger partial charge in [-0.3, -0.25) is 4.84 Å². The number of fused-ring (bicyclic) bond motifs is 1. The van der Waals surface area contributed by atoms with E-state index in [0.29, 0.717) is 24.2 Å². The van der Waals surface area contributed by atoms with Crippen molar-refractivity contribution >= 4 is 17.1 Å². The smallest absolute Gasteiger partial charge is 0.267 e. The minimum absolute atomic E-state index is 0.296. The number of aromatic nitrogens is 3. The summed E-state index contributed by atoms with van der Waals surface area (Å²) < 4.78 is 1.24. The third-order valence-corrected chi connectivity index (χ3v) is 2.29. The van der Waals surface area contributed by atoms with Crippen LogP contribution >= 0.6 is 0 Å². The van der Waals surface area contributed by atoms with Crippen molar-refractivity contribution in [3.63, 3.8) is 0 Å². The fourth-order valence-electron chi connectivity index (χ4n) is 1.45. The summed E-state index contributed by atoms with van der Waals surface area (Å²) in [4.78, 5) is 16.7. The molecule has 76 valence electrons. The van der Waals surface area contributed by atoms with E-state index in [1.54, 1.807) is 6.07 Å². The van der Waals surface area contributed by atoms with Crippen LogP contribution in [0.5, 0.6) is 0 Å². The monoisotopic (exact) mass is 204 g/mol. The number of hydroxylamine groups is 2. The first kappa shape index (κ1) is 8.37. The summed E-state index contributed by atoms with van der Waals surface area (Å²) in [5.74, 6) is 0. The Bertz CT molecular complexity index is 518. The second-order valence-electron chi connectivity index (χ2n) is 3.21. The van der Waals surface area contributed by atoms with E-state index < -0.39 is 0 Å². The predicted molar refractivity (Wildman–Crippen MR) is 51.0 cm³/mol. The Balaban J connectivity index is 2.06. The third-order valence-electron chi connectivity index (χ3n) is 2.29. The van der Waals surface area contributed by atoms with E-state index in [-0.39, 0.29) is 6.03 Å². The lowest BCUT2D eigenvalue weighted by Crippen LogP contribution is -2.46. The van der Waals surface area contributed by atoms with Crippen LogP contribution in [0, 0.1) is 0 Å². The first-order chi connectivity index (χ1) is 7.36. The first-order valence-electron chi connectivity index (χ1n) is 4.61. The molecule has 1 aliphatic rings. The zero-order valence-corrected chi connectivity index (χ0v) is 7.83. The average Bonchev–Trinajstić information content (AvgIpc) is 2.58. The molecule has 6 nitrogen and oxygen atoms in total. The van der Waals surface area contributed by atoms with Crippen molar-refractivity contribution in [2.24, 2.45) is 0 Å². The Hall–Kier alpha value is -1.95. The highest BCUT2D eigenvalue weighted by atomic mass is 16.7. The van der Waals surface area contributed by atoms with E-state index >= 15 is 0 Å². The Morgan fingerprint density at radius 3 is 2.93 bits per heavy atom. The molecule has 1 aromatic carbocycles. The normalized spacial score (nSPS) is 15.3. The van der Waals surface area contributed by atoms with E-state index in [9.17, 15) is 4.79 Å². The van der Waals surface area contributed by atoms with Crippen LogP contribution in [-0.2, 0) is 4.84 Å². The van der Waals surface area contributed by atoms with Crippen molar-refractivity contribution in [2.45, 2.75) is 0 Å². The SMILES string of the molecule is O=C(N1CCO1)n1nnc2ccccc21. The number of hydrogen-bond donors (Lipinski definition) is 0. The fourth-order valence-corrected chi connectivity index (χ4v) is 1.45. The predicted octanol–water partition coefficient (Wildman–Crippen LogP) is 0.647. The minimum Gasteiger partial charge on any atom is -0.267 e. The number of para-hydroxylation sites is 1. The maximum Gasteiger partial charge on any atom is 0.370 e. The summed E-state index contributed by atoms with van der Waals surface area (Å²) in [5.41, 5.74) is 1.39. The number of amides is 1. The minimum atomic E-state index is -0.296. The maximum atomic E-state index is 11.8. The van der Waals surface area contributed by atoms with Crippen LogP contribution in [0.1, 0.15) is 0 Å². The highest BCUT2D eigenvalue weighted by Gasteiger charge is 2.25. The number of rotatable bonds is 0. The zero-order valence-electron chi connectivity index (χ0n) is 7.83. The van der Waals surface area contributed by atoms with Crippen molar-refractivity contribution in [1.82, 2.24) is 20.1 Å². The molecule has 15 heavy (non-hydrogen) atoms. The molecule has 1 aromatic heterocycles. The van der Waals surface area contributed by atoms with Gasteiger partial charge in [0, 0.05) is 0 Å². The van der Waals surface area contributed by atoms with Crippen molar-refractivity contribution in [3.05, 3.63) is 24.3 Å². The molecule has 0 aliphatic carbocycles. The van der Waals surface area contributed by atoms with Gasteiger partial charge in [-0.05, 0) is 12.1 Å². The van der Waals surface area contributed by atoms with Crippen LogP contribution in [0.15, 0.2) is 24.3 Å². The molecule has 1 aliphatic heterocycles. The van der Waals surface area contributed by atoms with Gasteiger partial charge in [-0.2, -0.15) is 9.75 Å². The molecule has 0 atom stereocenters. The molecule has 0 bridgehead atoms. The summed E-state index contributed by atoms with van der Waals surface area (Å²) >= 11 is 0. The third kappa shape index (κ3) is 1.18. The molecule has 1 fully saturated rings. The van der Waals surface area contributed by atoms with Gasteiger partial charge in [-0.1, -0.05) is 17.3 Å². The van der Waals surface area contributed by atoms with E-state index in [1.165, 1.54) is 9.75 Å². The van der Waals surface area contributed by atoms with Gasteiger partial charge in [0.15, 0.2) is 0 Å². The lowest BCUT2D eigenvalue weighted by Gasteiger charge is -2.28. The average molecular weight is 204 g/mol. The molecule has 0 spiro atoms. The highest BCUT2D eigenvalue weighted by molar-refractivity contribution is 5.87. The number of carbonyl (C=O) groups excluding carboxylic acids is 1. The van der Waals surface area contributed by atoms with Gasteiger partial charge in [0.05, 0.1) is 18.7 Å².